The second-order valence-electron chi connectivity index (χ2n) is 3.70. The first-order valence-corrected chi connectivity index (χ1v) is 5.24. The Kier molecular flexibility index (Phi) is 2.99. The highest BCUT2D eigenvalue weighted by molar-refractivity contribution is 6.29. The summed E-state index contributed by atoms with van der Waals surface area (Å²) < 4.78 is 0. The number of hydrogen-bond acceptors (Lipinski definition) is 4. The third kappa shape index (κ3) is 2.37. The Morgan fingerprint density at radius 1 is 1.53 bits per heavy atom. The van der Waals surface area contributed by atoms with Gasteiger partial charge < -0.3 is 10.2 Å². The van der Waals surface area contributed by atoms with E-state index in [0.29, 0.717) is 0 Å². The third-order valence-electron chi connectivity index (χ3n) is 2.41. The maximum Gasteiger partial charge on any atom is 0.335 e. The van der Waals surface area contributed by atoms with Gasteiger partial charge in [-0.1, -0.05) is 11.6 Å². The fraction of sp³-hybridized carbons (Fsp3) is 0.300. The molecule has 0 aromatic carbocycles. The molecule has 7 heteroatoms. The Balaban J connectivity index is 2.39. The van der Waals surface area contributed by atoms with Crippen molar-refractivity contribution in [2.24, 2.45) is 0 Å². The summed E-state index contributed by atoms with van der Waals surface area (Å²) in [6.07, 6.45) is -0.743. The quantitative estimate of drug-likeness (QED) is 0.754. The molecule has 0 spiro atoms. The van der Waals surface area contributed by atoms with Gasteiger partial charge in [0, 0.05) is 0 Å². The van der Waals surface area contributed by atoms with Gasteiger partial charge in [-0.3, -0.25) is 9.69 Å². The predicted octanol–water partition coefficient (Wildman–Crippen LogP) is 0.531. The predicted molar refractivity (Wildman–Crippen MR) is 59.2 cm³/mol. The van der Waals surface area contributed by atoms with E-state index in [1.54, 1.807) is 0 Å². The van der Waals surface area contributed by atoms with Crippen LogP contribution in [0, 0.1) is 0 Å². The first-order chi connectivity index (χ1) is 7.97. The number of carbonyl (C=O) groups is 2. The van der Waals surface area contributed by atoms with Crippen LogP contribution in [0.1, 0.15) is 16.8 Å². The minimum atomic E-state index is -1.15. The number of aliphatic hydroxyl groups is 1. The van der Waals surface area contributed by atoms with E-state index in [2.05, 4.69) is 4.98 Å². The summed E-state index contributed by atoms with van der Waals surface area (Å²) in [6, 6.07) is 2.45. The molecule has 1 fully saturated rings. The van der Waals surface area contributed by atoms with Crippen molar-refractivity contribution in [3.63, 3.8) is 0 Å². The molecule has 0 radical (unpaired) electrons. The SMILES string of the molecule is O=C(O)c1cc(Cl)nc(N2CC(O)CC2=O)c1. The van der Waals surface area contributed by atoms with Gasteiger partial charge in [0.2, 0.25) is 5.91 Å². The highest BCUT2D eigenvalue weighted by atomic mass is 35.5. The number of aromatic nitrogens is 1. The van der Waals surface area contributed by atoms with Crippen LogP contribution in [0.5, 0.6) is 0 Å². The number of aromatic carboxylic acids is 1. The first kappa shape index (κ1) is 11.8. The van der Waals surface area contributed by atoms with Crippen LogP contribution in [-0.2, 0) is 4.79 Å². The van der Waals surface area contributed by atoms with E-state index in [1.165, 1.54) is 17.0 Å². The lowest BCUT2D eigenvalue weighted by molar-refractivity contribution is -0.117. The van der Waals surface area contributed by atoms with Gasteiger partial charge in [0.05, 0.1) is 24.6 Å². The van der Waals surface area contributed by atoms with E-state index in [9.17, 15) is 14.7 Å². The zero-order valence-electron chi connectivity index (χ0n) is 8.63. The van der Waals surface area contributed by atoms with Crippen molar-refractivity contribution < 1.29 is 19.8 Å². The molecule has 1 atom stereocenters. The number of carbonyl (C=O) groups excluding carboxylic acids is 1. The number of anilines is 1. The molecule has 1 aliphatic rings. The average molecular weight is 257 g/mol. The second-order valence-corrected chi connectivity index (χ2v) is 4.09. The van der Waals surface area contributed by atoms with Crippen LogP contribution < -0.4 is 4.90 Å². The van der Waals surface area contributed by atoms with Gasteiger partial charge in [-0.15, -0.1) is 0 Å². The summed E-state index contributed by atoms with van der Waals surface area (Å²) >= 11 is 5.68. The smallest absolute Gasteiger partial charge is 0.335 e. The number of aliphatic hydroxyl groups excluding tert-OH is 1. The highest BCUT2D eigenvalue weighted by Crippen LogP contribution is 2.23. The number of amides is 1. The van der Waals surface area contributed by atoms with E-state index in [-0.39, 0.29) is 35.4 Å². The van der Waals surface area contributed by atoms with E-state index in [4.69, 9.17) is 16.7 Å². The standard InChI is InChI=1S/C10H9ClN2O4/c11-7-1-5(10(16)17)2-8(12-7)13-4-6(14)3-9(13)15/h1-2,6,14H,3-4H2,(H,16,17). The van der Waals surface area contributed by atoms with Crippen molar-refractivity contribution in [2.45, 2.75) is 12.5 Å². The van der Waals surface area contributed by atoms with E-state index in [0.717, 1.165) is 0 Å². The lowest BCUT2D eigenvalue weighted by Crippen LogP contribution is -2.26. The molecule has 0 saturated carbocycles. The largest absolute Gasteiger partial charge is 0.478 e. The number of β-amino-alcohol motifs (C(OH)–C–C–N with tert-alkyl or cyclic N) is 1. The number of carboxylic acid groups (broad SMARTS) is 1. The molecule has 1 aromatic rings. The number of hydrogen-bond donors (Lipinski definition) is 2. The van der Waals surface area contributed by atoms with E-state index < -0.39 is 12.1 Å². The third-order valence-corrected chi connectivity index (χ3v) is 2.60. The summed E-state index contributed by atoms with van der Waals surface area (Å²) in [6.45, 7) is 0.102. The van der Waals surface area contributed by atoms with Crippen molar-refractivity contribution in [3.8, 4) is 0 Å². The molecule has 17 heavy (non-hydrogen) atoms. The van der Waals surface area contributed by atoms with Crippen molar-refractivity contribution in [2.75, 3.05) is 11.4 Å². The van der Waals surface area contributed by atoms with Crippen molar-refractivity contribution >= 4 is 29.3 Å². The van der Waals surface area contributed by atoms with Crippen molar-refractivity contribution in [1.29, 1.82) is 0 Å². The lowest BCUT2D eigenvalue weighted by atomic mass is 10.2. The zero-order chi connectivity index (χ0) is 12.6. The molecule has 1 unspecified atom stereocenters. The highest BCUT2D eigenvalue weighted by Gasteiger charge is 2.30. The Morgan fingerprint density at radius 3 is 2.76 bits per heavy atom. The average Bonchev–Trinajstić information content (AvgIpc) is 2.57. The van der Waals surface area contributed by atoms with Crippen LogP contribution in [0.15, 0.2) is 12.1 Å². The lowest BCUT2D eigenvalue weighted by Gasteiger charge is -2.15. The van der Waals surface area contributed by atoms with Crippen LogP contribution in [0.3, 0.4) is 0 Å². The van der Waals surface area contributed by atoms with Crippen LogP contribution in [0.25, 0.3) is 0 Å². The molecular formula is C10H9ClN2O4. The van der Waals surface area contributed by atoms with Gasteiger partial charge in [-0.25, -0.2) is 9.78 Å². The Hall–Kier alpha value is -1.66. The molecule has 1 aromatic heterocycles. The molecule has 0 aliphatic carbocycles. The Bertz CT molecular complexity index is 491. The maximum atomic E-state index is 11.5. The Morgan fingerprint density at radius 2 is 2.24 bits per heavy atom. The summed E-state index contributed by atoms with van der Waals surface area (Å²) in [5.41, 5.74) is -0.0470. The minimum absolute atomic E-state index is 0.00547. The molecular weight excluding hydrogens is 248 g/mol. The minimum Gasteiger partial charge on any atom is -0.478 e. The molecule has 1 aliphatic heterocycles. The fourth-order valence-electron chi connectivity index (χ4n) is 1.65. The molecule has 0 bridgehead atoms. The molecule has 2 rings (SSSR count). The summed E-state index contributed by atoms with van der Waals surface area (Å²) in [4.78, 5) is 27.4. The normalized spacial score (nSPS) is 19.8. The van der Waals surface area contributed by atoms with Crippen LogP contribution in [-0.4, -0.2) is 39.7 Å². The zero-order valence-corrected chi connectivity index (χ0v) is 9.39. The summed E-state index contributed by atoms with van der Waals surface area (Å²) in [7, 11) is 0. The van der Waals surface area contributed by atoms with E-state index in [1.807, 2.05) is 0 Å². The molecule has 2 N–H and O–H groups in total. The maximum absolute atomic E-state index is 11.5. The Labute approximate surface area is 101 Å². The monoisotopic (exact) mass is 256 g/mol. The van der Waals surface area contributed by atoms with Crippen LogP contribution >= 0.6 is 11.6 Å². The number of carboxylic acids is 1. The molecule has 90 valence electrons. The number of nitrogens with zero attached hydrogens (tertiary/aromatic N) is 2. The van der Waals surface area contributed by atoms with Crippen molar-refractivity contribution in [3.05, 3.63) is 22.8 Å². The molecule has 6 nitrogen and oxygen atoms in total. The topological polar surface area (TPSA) is 90.7 Å². The fourth-order valence-corrected chi connectivity index (χ4v) is 1.86. The molecule has 1 amide bonds. The second kappa shape index (κ2) is 4.31. The van der Waals surface area contributed by atoms with Gasteiger partial charge in [0.25, 0.3) is 0 Å². The van der Waals surface area contributed by atoms with Crippen LogP contribution in [0.4, 0.5) is 5.82 Å². The van der Waals surface area contributed by atoms with Gasteiger partial charge in [0.15, 0.2) is 0 Å². The summed E-state index contributed by atoms with van der Waals surface area (Å²) in [5, 5.41) is 18.2. The van der Waals surface area contributed by atoms with Gasteiger partial charge in [-0.2, -0.15) is 0 Å². The number of rotatable bonds is 2. The van der Waals surface area contributed by atoms with Gasteiger partial charge in [-0.05, 0) is 12.1 Å². The summed E-state index contributed by atoms with van der Waals surface area (Å²) in [5.74, 6) is -1.30. The van der Waals surface area contributed by atoms with Crippen LogP contribution in [0.2, 0.25) is 5.15 Å². The van der Waals surface area contributed by atoms with Gasteiger partial charge >= 0.3 is 5.97 Å². The first-order valence-electron chi connectivity index (χ1n) is 4.86. The molecule has 1 saturated heterocycles. The number of halogens is 1. The van der Waals surface area contributed by atoms with Crippen molar-refractivity contribution in [1.82, 2.24) is 4.98 Å². The van der Waals surface area contributed by atoms with Gasteiger partial charge in [0.1, 0.15) is 11.0 Å². The number of pyridine rings is 1. The van der Waals surface area contributed by atoms with E-state index >= 15 is 0 Å². The molecule has 2 heterocycles.